The van der Waals surface area contributed by atoms with Crippen LogP contribution in [0.3, 0.4) is 0 Å². The van der Waals surface area contributed by atoms with Gasteiger partial charge in [-0.25, -0.2) is 0 Å². The second-order valence-electron chi connectivity index (χ2n) is 6.68. The number of hydrogen-bond acceptors (Lipinski definition) is 3. The van der Waals surface area contributed by atoms with E-state index in [1.807, 2.05) is 24.3 Å². The SMILES string of the molecule is CC(=O)Nc1ccc(CN(CCO)C2CCCc3ccccc32)cc1. The van der Waals surface area contributed by atoms with Crippen molar-refractivity contribution in [2.45, 2.75) is 38.8 Å². The summed E-state index contributed by atoms with van der Waals surface area (Å²) in [6, 6.07) is 17.0. The van der Waals surface area contributed by atoms with E-state index in [0.29, 0.717) is 12.6 Å². The van der Waals surface area contributed by atoms with Gasteiger partial charge in [0.25, 0.3) is 0 Å². The lowest BCUT2D eigenvalue weighted by atomic mass is 9.86. The summed E-state index contributed by atoms with van der Waals surface area (Å²) in [6.45, 7) is 3.12. The van der Waals surface area contributed by atoms with Crippen molar-refractivity contribution < 1.29 is 9.90 Å². The number of rotatable bonds is 6. The lowest BCUT2D eigenvalue weighted by molar-refractivity contribution is -0.114. The molecule has 1 amide bonds. The zero-order valence-electron chi connectivity index (χ0n) is 14.7. The standard InChI is InChI=1S/C21H26N2O2/c1-16(25)22-19-11-9-17(10-12-19)15-23(13-14-24)21-8-4-6-18-5-2-3-7-20(18)21/h2-3,5,7,9-12,21,24H,4,6,8,13-15H2,1H3,(H,22,25). The van der Waals surface area contributed by atoms with Crippen LogP contribution in [-0.4, -0.2) is 29.1 Å². The number of aliphatic hydroxyl groups excluding tert-OH is 1. The first-order valence-electron chi connectivity index (χ1n) is 8.96. The topological polar surface area (TPSA) is 52.6 Å². The van der Waals surface area contributed by atoms with Crippen molar-refractivity contribution in [2.75, 3.05) is 18.5 Å². The monoisotopic (exact) mass is 338 g/mol. The molecule has 4 nitrogen and oxygen atoms in total. The molecule has 1 unspecified atom stereocenters. The Morgan fingerprint density at radius 1 is 1.20 bits per heavy atom. The molecule has 0 bridgehead atoms. The molecule has 0 spiro atoms. The van der Waals surface area contributed by atoms with Crippen LogP contribution in [0.25, 0.3) is 0 Å². The summed E-state index contributed by atoms with van der Waals surface area (Å²) >= 11 is 0. The highest BCUT2D eigenvalue weighted by Gasteiger charge is 2.25. The van der Waals surface area contributed by atoms with Gasteiger partial charge in [0.05, 0.1) is 6.61 Å². The van der Waals surface area contributed by atoms with Gasteiger partial charge in [0.15, 0.2) is 0 Å². The zero-order chi connectivity index (χ0) is 17.6. The quantitative estimate of drug-likeness (QED) is 0.847. The first kappa shape index (κ1) is 17.6. The van der Waals surface area contributed by atoms with Gasteiger partial charge in [0.1, 0.15) is 0 Å². The fraction of sp³-hybridized carbons (Fsp3) is 0.381. The third-order valence-electron chi connectivity index (χ3n) is 4.83. The normalized spacial score (nSPS) is 16.5. The van der Waals surface area contributed by atoms with Gasteiger partial charge in [-0.05, 0) is 48.1 Å². The Kier molecular flexibility index (Phi) is 5.84. The van der Waals surface area contributed by atoms with Crippen LogP contribution in [0.4, 0.5) is 5.69 Å². The van der Waals surface area contributed by atoms with Gasteiger partial charge in [-0.2, -0.15) is 0 Å². The van der Waals surface area contributed by atoms with Crippen LogP contribution in [0.5, 0.6) is 0 Å². The van der Waals surface area contributed by atoms with Crippen LogP contribution in [0.15, 0.2) is 48.5 Å². The third kappa shape index (κ3) is 4.47. The minimum absolute atomic E-state index is 0.0616. The number of amides is 1. The van der Waals surface area contributed by atoms with Crippen molar-refractivity contribution in [3.63, 3.8) is 0 Å². The molecule has 0 heterocycles. The molecule has 3 rings (SSSR count). The average Bonchev–Trinajstić information content (AvgIpc) is 2.62. The second-order valence-corrected chi connectivity index (χ2v) is 6.68. The van der Waals surface area contributed by atoms with Gasteiger partial charge in [-0.3, -0.25) is 9.69 Å². The fourth-order valence-electron chi connectivity index (χ4n) is 3.71. The van der Waals surface area contributed by atoms with Gasteiger partial charge in [0.2, 0.25) is 5.91 Å². The number of nitrogens with one attached hydrogen (secondary N) is 1. The predicted octanol–water partition coefficient (Wildman–Crippen LogP) is 3.52. The molecule has 0 fully saturated rings. The number of benzene rings is 2. The average molecular weight is 338 g/mol. The van der Waals surface area contributed by atoms with Gasteiger partial charge in [0, 0.05) is 31.7 Å². The minimum atomic E-state index is -0.0616. The van der Waals surface area contributed by atoms with Crippen molar-refractivity contribution in [3.05, 3.63) is 65.2 Å². The van der Waals surface area contributed by atoms with E-state index in [1.165, 1.54) is 30.0 Å². The molecule has 0 saturated carbocycles. The summed E-state index contributed by atoms with van der Waals surface area (Å²) in [5.41, 5.74) is 4.83. The van der Waals surface area contributed by atoms with Crippen LogP contribution >= 0.6 is 0 Å². The zero-order valence-corrected chi connectivity index (χ0v) is 14.7. The molecule has 0 aromatic heterocycles. The lowest BCUT2D eigenvalue weighted by Gasteiger charge is -2.35. The van der Waals surface area contributed by atoms with Gasteiger partial charge in [-0.1, -0.05) is 36.4 Å². The van der Waals surface area contributed by atoms with E-state index in [-0.39, 0.29) is 12.5 Å². The number of carbonyl (C=O) groups is 1. The molecule has 0 radical (unpaired) electrons. The maximum absolute atomic E-state index is 11.1. The van der Waals surface area contributed by atoms with E-state index in [9.17, 15) is 9.90 Å². The molecule has 0 saturated heterocycles. The molecular formula is C21H26N2O2. The highest BCUT2D eigenvalue weighted by molar-refractivity contribution is 5.88. The Balaban J connectivity index is 1.77. The van der Waals surface area contributed by atoms with Crippen LogP contribution in [0.2, 0.25) is 0 Å². The largest absolute Gasteiger partial charge is 0.395 e. The Hall–Kier alpha value is -2.17. The Morgan fingerprint density at radius 2 is 1.96 bits per heavy atom. The second kappa shape index (κ2) is 8.28. The highest BCUT2D eigenvalue weighted by Crippen LogP contribution is 2.34. The minimum Gasteiger partial charge on any atom is -0.395 e. The van der Waals surface area contributed by atoms with Crippen molar-refractivity contribution in [2.24, 2.45) is 0 Å². The summed E-state index contributed by atoms with van der Waals surface area (Å²) in [7, 11) is 0. The number of aryl methyl sites for hydroxylation is 1. The molecule has 4 heteroatoms. The van der Waals surface area contributed by atoms with Crippen molar-refractivity contribution in [3.8, 4) is 0 Å². The number of anilines is 1. The maximum Gasteiger partial charge on any atom is 0.221 e. The van der Waals surface area contributed by atoms with Crippen LogP contribution < -0.4 is 5.32 Å². The summed E-state index contributed by atoms with van der Waals surface area (Å²) in [5.74, 6) is -0.0616. The van der Waals surface area contributed by atoms with E-state index in [4.69, 9.17) is 0 Å². The number of hydrogen-bond donors (Lipinski definition) is 2. The van der Waals surface area contributed by atoms with E-state index in [2.05, 4.69) is 34.5 Å². The number of fused-ring (bicyclic) bond motifs is 1. The van der Waals surface area contributed by atoms with Gasteiger partial charge in [-0.15, -0.1) is 0 Å². The van der Waals surface area contributed by atoms with Gasteiger partial charge >= 0.3 is 0 Å². The lowest BCUT2D eigenvalue weighted by Crippen LogP contribution is -2.33. The summed E-state index contributed by atoms with van der Waals surface area (Å²) in [5, 5.41) is 12.3. The summed E-state index contributed by atoms with van der Waals surface area (Å²) in [6.07, 6.45) is 3.46. The Bertz CT molecular complexity index is 712. The molecular weight excluding hydrogens is 312 g/mol. The van der Waals surface area contributed by atoms with Crippen LogP contribution in [-0.2, 0) is 17.8 Å². The molecule has 25 heavy (non-hydrogen) atoms. The summed E-state index contributed by atoms with van der Waals surface area (Å²) < 4.78 is 0. The smallest absolute Gasteiger partial charge is 0.221 e. The first-order chi connectivity index (χ1) is 12.2. The number of nitrogens with zero attached hydrogens (tertiary/aromatic N) is 1. The number of aliphatic hydroxyl groups is 1. The molecule has 2 aromatic rings. The molecule has 2 N–H and O–H groups in total. The van der Waals surface area contributed by atoms with E-state index < -0.39 is 0 Å². The third-order valence-corrected chi connectivity index (χ3v) is 4.83. The highest BCUT2D eigenvalue weighted by atomic mass is 16.3. The predicted molar refractivity (Wildman–Crippen MR) is 100 cm³/mol. The Labute approximate surface area is 149 Å². The van der Waals surface area contributed by atoms with Crippen LogP contribution in [0, 0.1) is 0 Å². The molecule has 0 aliphatic heterocycles. The molecule has 1 aliphatic rings. The maximum atomic E-state index is 11.1. The van der Waals surface area contributed by atoms with Crippen molar-refractivity contribution in [1.29, 1.82) is 0 Å². The fourth-order valence-corrected chi connectivity index (χ4v) is 3.71. The molecule has 132 valence electrons. The molecule has 1 aliphatic carbocycles. The van der Waals surface area contributed by atoms with E-state index >= 15 is 0 Å². The molecule has 1 atom stereocenters. The first-order valence-corrected chi connectivity index (χ1v) is 8.96. The molecule has 2 aromatic carbocycles. The Morgan fingerprint density at radius 3 is 2.68 bits per heavy atom. The van der Waals surface area contributed by atoms with Crippen molar-refractivity contribution in [1.82, 2.24) is 4.90 Å². The van der Waals surface area contributed by atoms with Crippen LogP contribution in [0.1, 0.15) is 42.5 Å². The summed E-state index contributed by atoms with van der Waals surface area (Å²) in [4.78, 5) is 13.5. The number of carbonyl (C=O) groups excluding carboxylic acids is 1. The van der Waals surface area contributed by atoms with Crippen molar-refractivity contribution >= 4 is 11.6 Å². The van der Waals surface area contributed by atoms with Gasteiger partial charge < -0.3 is 10.4 Å². The van der Waals surface area contributed by atoms with E-state index in [0.717, 1.165) is 25.1 Å². The van der Waals surface area contributed by atoms with E-state index in [1.54, 1.807) is 0 Å².